The first-order valence-electron chi connectivity index (χ1n) is 4.59. The molecule has 0 saturated heterocycles. The van der Waals surface area contributed by atoms with Gasteiger partial charge in [-0.05, 0) is 18.2 Å². The highest BCUT2D eigenvalue weighted by Crippen LogP contribution is 2.23. The fourth-order valence-electron chi connectivity index (χ4n) is 1.07. The predicted octanol–water partition coefficient (Wildman–Crippen LogP) is 2.86. The van der Waals surface area contributed by atoms with E-state index in [9.17, 15) is 13.2 Å². The lowest BCUT2D eigenvalue weighted by Crippen LogP contribution is -2.19. The summed E-state index contributed by atoms with van der Waals surface area (Å²) in [6.45, 7) is -2.15. The second-order valence-electron chi connectivity index (χ2n) is 3.14. The highest BCUT2D eigenvalue weighted by atomic mass is 79.9. The lowest BCUT2D eigenvalue weighted by atomic mass is 10.2. The summed E-state index contributed by atoms with van der Waals surface area (Å²) in [5, 5.41) is 9.01. The molecule has 0 atom stereocenters. The smallest absolute Gasteiger partial charge is 0.411 e. The van der Waals surface area contributed by atoms with Crippen LogP contribution < -0.4 is 4.74 Å². The molecule has 0 aliphatic heterocycles. The van der Waals surface area contributed by atoms with Crippen molar-refractivity contribution in [3.8, 4) is 5.75 Å². The summed E-state index contributed by atoms with van der Waals surface area (Å²) in [7, 11) is 0. The van der Waals surface area contributed by atoms with E-state index in [1.54, 1.807) is 12.1 Å². The average Bonchev–Trinajstić information content (AvgIpc) is 2.24. The minimum Gasteiger partial charge on any atom is -0.467 e. The van der Waals surface area contributed by atoms with Gasteiger partial charge in [-0.25, -0.2) is 0 Å². The standard InChI is InChI=1S/C10H10BrF3O3/c11-8-1-2-9(7(3-8)4-15)17-6-16-5-10(12,13)14/h1-3,15H,4-6H2. The average molecular weight is 315 g/mol. The highest BCUT2D eigenvalue weighted by Gasteiger charge is 2.27. The molecule has 0 aliphatic rings. The molecule has 1 aromatic rings. The van der Waals surface area contributed by atoms with Crippen molar-refractivity contribution in [1.82, 2.24) is 0 Å². The van der Waals surface area contributed by atoms with E-state index >= 15 is 0 Å². The molecule has 0 aromatic heterocycles. The van der Waals surface area contributed by atoms with Crippen LogP contribution in [0.3, 0.4) is 0 Å². The summed E-state index contributed by atoms with van der Waals surface area (Å²) in [6.07, 6.45) is -4.37. The van der Waals surface area contributed by atoms with Gasteiger partial charge in [-0.2, -0.15) is 13.2 Å². The third-order valence-corrected chi connectivity index (χ3v) is 2.25. The third kappa shape index (κ3) is 5.38. The molecular weight excluding hydrogens is 305 g/mol. The fraction of sp³-hybridized carbons (Fsp3) is 0.400. The second-order valence-corrected chi connectivity index (χ2v) is 4.05. The Morgan fingerprint density at radius 1 is 1.29 bits per heavy atom. The van der Waals surface area contributed by atoms with E-state index in [1.807, 2.05) is 0 Å². The molecular formula is C10H10BrF3O3. The van der Waals surface area contributed by atoms with Gasteiger partial charge in [-0.3, -0.25) is 0 Å². The second kappa shape index (κ2) is 6.23. The molecule has 0 radical (unpaired) electrons. The van der Waals surface area contributed by atoms with Crippen molar-refractivity contribution in [2.45, 2.75) is 12.8 Å². The lowest BCUT2D eigenvalue weighted by molar-refractivity contribution is -0.186. The Labute approximate surface area is 104 Å². The summed E-state index contributed by atoms with van der Waals surface area (Å²) >= 11 is 3.20. The van der Waals surface area contributed by atoms with E-state index in [1.165, 1.54) is 6.07 Å². The minimum atomic E-state index is -4.37. The molecule has 96 valence electrons. The van der Waals surface area contributed by atoms with Crippen molar-refractivity contribution in [2.75, 3.05) is 13.4 Å². The number of rotatable bonds is 5. The van der Waals surface area contributed by atoms with Crippen molar-refractivity contribution >= 4 is 15.9 Å². The predicted molar refractivity (Wildman–Crippen MR) is 57.6 cm³/mol. The highest BCUT2D eigenvalue weighted by molar-refractivity contribution is 9.10. The van der Waals surface area contributed by atoms with E-state index in [0.29, 0.717) is 5.56 Å². The van der Waals surface area contributed by atoms with Crippen LogP contribution >= 0.6 is 15.9 Å². The molecule has 0 fully saturated rings. The van der Waals surface area contributed by atoms with E-state index in [-0.39, 0.29) is 12.4 Å². The molecule has 3 nitrogen and oxygen atoms in total. The van der Waals surface area contributed by atoms with Crippen molar-refractivity contribution in [2.24, 2.45) is 0 Å². The molecule has 17 heavy (non-hydrogen) atoms. The minimum absolute atomic E-state index is 0.270. The Balaban J connectivity index is 2.46. The summed E-state index contributed by atoms with van der Waals surface area (Å²) in [5.74, 6) is 0.290. The summed E-state index contributed by atoms with van der Waals surface area (Å²) in [5.41, 5.74) is 0.468. The van der Waals surface area contributed by atoms with Crippen LogP contribution in [0.15, 0.2) is 22.7 Å². The van der Waals surface area contributed by atoms with Crippen LogP contribution in [-0.2, 0) is 11.3 Å². The number of benzene rings is 1. The van der Waals surface area contributed by atoms with Crippen LogP contribution in [0.25, 0.3) is 0 Å². The van der Waals surface area contributed by atoms with E-state index in [2.05, 4.69) is 20.7 Å². The fourth-order valence-corrected chi connectivity index (χ4v) is 1.48. The SMILES string of the molecule is OCc1cc(Br)ccc1OCOCC(F)(F)F. The van der Waals surface area contributed by atoms with Crippen molar-refractivity contribution in [3.05, 3.63) is 28.2 Å². The first kappa shape index (κ1) is 14.3. The van der Waals surface area contributed by atoms with Gasteiger partial charge < -0.3 is 14.6 Å². The van der Waals surface area contributed by atoms with Crippen LogP contribution in [0, 0.1) is 0 Å². The van der Waals surface area contributed by atoms with Crippen LogP contribution in [-0.4, -0.2) is 24.7 Å². The number of hydrogen-bond acceptors (Lipinski definition) is 3. The number of aliphatic hydroxyl groups is 1. The maximum Gasteiger partial charge on any atom is 0.411 e. The van der Waals surface area contributed by atoms with Crippen molar-refractivity contribution < 1.29 is 27.8 Å². The molecule has 1 rings (SSSR count). The molecule has 1 aromatic carbocycles. The zero-order valence-electron chi connectivity index (χ0n) is 8.63. The van der Waals surface area contributed by atoms with Crippen LogP contribution in [0.2, 0.25) is 0 Å². The molecule has 0 bridgehead atoms. The first-order chi connectivity index (χ1) is 7.92. The van der Waals surface area contributed by atoms with E-state index in [0.717, 1.165) is 4.47 Å². The normalized spacial score (nSPS) is 11.6. The number of alkyl halides is 3. The van der Waals surface area contributed by atoms with Crippen molar-refractivity contribution in [3.63, 3.8) is 0 Å². The number of ether oxygens (including phenoxy) is 2. The van der Waals surface area contributed by atoms with Gasteiger partial charge >= 0.3 is 6.18 Å². The Bertz CT molecular complexity index is 368. The molecule has 0 saturated carbocycles. The Kier molecular flexibility index (Phi) is 5.23. The molecule has 0 aliphatic carbocycles. The van der Waals surface area contributed by atoms with Gasteiger partial charge in [-0.1, -0.05) is 15.9 Å². The molecule has 0 heterocycles. The van der Waals surface area contributed by atoms with E-state index in [4.69, 9.17) is 9.84 Å². The molecule has 0 amide bonds. The first-order valence-corrected chi connectivity index (χ1v) is 5.38. The summed E-state index contributed by atoms with van der Waals surface area (Å²) in [6, 6.07) is 4.80. The van der Waals surface area contributed by atoms with Gasteiger partial charge in [0.15, 0.2) is 6.79 Å². The molecule has 7 heteroatoms. The number of aliphatic hydroxyl groups excluding tert-OH is 1. The molecule has 1 N–H and O–H groups in total. The Morgan fingerprint density at radius 3 is 2.59 bits per heavy atom. The van der Waals surface area contributed by atoms with Gasteiger partial charge in [0.05, 0.1) is 6.61 Å². The summed E-state index contributed by atoms with van der Waals surface area (Å²) in [4.78, 5) is 0. The van der Waals surface area contributed by atoms with Gasteiger partial charge in [0, 0.05) is 10.0 Å². The van der Waals surface area contributed by atoms with Gasteiger partial charge in [0.2, 0.25) is 0 Å². The van der Waals surface area contributed by atoms with E-state index < -0.39 is 19.6 Å². The number of halogens is 4. The lowest BCUT2D eigenvalue weighted by Gasteiger charge is -2.11. The maximum absolute atomic E-state index is 11.8. The molecule has 0 spiro atoms. The zero-order chi connectivity index (χ0) is 12.9. The largest absolute Gasteiger partial charge is 0.467 e. The van der Waals surface area contributed by atoms with Crippen molar-refractivity contribution in [1.29, 1.82) is 0 Å². The maximum atomic E-state index is 11.8. The quantitative estimate of drug-likeness (QED) is 0.671. The van der Waals surface area contributed by atoms with Crippen LogP contribution in [0.5, 0.6) is 5.75 Å². The number of hydrogen-bond donors (Lipinski definition) is 1. The summed E-state index contributed by atoms with van der Waals surface area (Å²) < 4.78 is 45.3. The molecule has 0 unspecified atom stereocenters. The van der Waals surface area contributed by atoms with Crippen LogP contribution in [0.4, 0.5) is 13.2 Å². The van der Waals surface area contributed by atoms with Gasteiger partial charge in [-0.15, -0.1) is 0 Å². The van der Waals surface area contributed by atoms with Gasteiger partial charge in [0.25, 0.3) is 0 Å². The zero-order valence-corrected chi connectivity index (χ0v) is 10.2. The van der Waals surface area contributed by atoms with Crippen LogP contribution in [0.1, 0.15) is 5.56 Å². The third-order valence-electron chi connectivity index (χ3n) is 1.76. The van der Waals surface area contributed by atoms with Gasteiger partial charge in [0.1, 0.15) is 12.4 Å². The monoisotopic (exact) mass is 314 g/mol. The Morgan fingerprint density at radius 2 is 2.00 bits per heavy atom. The topological polar surface area (TPSA) is 38.7 Å². The Hall–Kier alpha value is -0.790.